The monoisotopic (exact) mass is 322 g/mol. The third kappa shape index (κ3) is 2.04. The van der Waals surface area contributed by atoms with Crippen molar-refractivity contribution in [2.45, 2.75) is 42.9 Å². The lowest BCUT2D eigenvalue weighted by Gasteiger charge is -2.25. The Hall–Kier alpha value is -1.81. The average molecular weight is 322 g/mol. The maximum absolute atomic E-state index is 10.3. The number of methoxy groups -OCH3 is 1. The van der Waals surface area contributed by atoms with E-state index in [4.69, 9.17) is 15.2 Å². The quantitative estimate of drug-likeness (QED) is 0.518. The van der Waals surface area contributed by atoms with Crippen LogP contribution in [0.4, 0.5) is 11.6 Å². The Morgan fingerprint density at radius 2 is 2.09 bits per heavy atom. The van der Waals surface area contributed by atoms with Gasteiger partial charge in [-0.25, -0.2) is 4.98 Å². The minimum Gasteiger partial charge on any atom is -0.479 e. The second-order valence-corrected chi connectivity index (χ2v) is 6.23. The fourth-order valence-corrected chi connectivity index (χ4v) is 3.45. The van der Waals surface area contributed by atoms with Crippen molar-refractivity contribution in [3.8, 4) is 5.88 Å². The lowest BCUT2D eigenvalue weighted by molar-refractivity contribution is -0.0458. The summed E-state index contributed by atoms with van der Waals surface area (Å²) in [6, 6.07) is 0. The van der Waals surface area contributed by atoms with E-state index in [1.807, 2.05) is 0 Å². The minimum absolute atomic E-state index is 0.0819. The summed E-state index contributed by atoms with van der Waals surface area (Å²) in [5.41, 5.74) is 5.74. The number of anilines is 1. The highest BCUT2D eigenvalue weighted by atomic mass is 16.6. The Kier molecular flexibility index (Phi) is 3.11. The molecule has 6 atom stereocenters. The molecule has 4 rings (SSSR count). The molecule has 1 spiro atoms. The van der Waals surface area contributed by atoms with Crippen molar-refractivity contribution in [1.82, 2.24) is 9.97 Å². The van der Waals surface area contributed by atoms with Crippen LogP contribution in [0, 0.1) is 5.92 Å². The second kappa shape index (κ2) is 4.84. The first-order valence-electron chi connectivity index (χ1n) is 7.43. The first-order chi connectivity index (χ1) is 11.0. The lowest BCUT2D eigenvalue weighted by atomic mass is 9.90. The molecule has 1 aromatic rings. The van der Waals surface area contributed by atoms with Crippen LogP contribution in [0.15, 0.2) is 4.99 Å². The Morgan fingerprint density at radius 3 is 2.70 bits per heavy atom. The summed E-state index contributed by atoms with van der Waals surface area (Å²) < 4.78 is 10.9. The molecule has 0 radical (unpaired) electrons. The fourth-order valence-electron chi connectivity index (χ4n) is 3.45. The number of rotatable bonds is 2. The van der Waals surface area contributed by atoms with Crippen LogP contribution in [0.5, 0.6) is 5.88 Å². The van der Waals surface area contributed by atoms with Gasteiger partial charge in [0.05, 0.1) is 25.0 Å². The van der Waals surface area contributed by atoms with Crippen LogP contribution >= 0.6 is 0 Å². The summed E-state index contributed by atoms with van der Waals surface area (Å²) in [7, 11) is 1.47. The van der Waals surface area contributed by atoms with Crippen LogP contribution in [0.1, 0.15) is 12.1 Å². The highest BCUT2D eigenvalue weighted by Crippen LogP contribution is 2.51. The van der Waals surface area contributed by atoms with Crippen molar-refractivity contribution in [2.24, 2.45) is 10.9 Å². The Bertz CT molecular complexity index is 683. The van der Waals surface area contributed by atoms with Crippen LogP contribution in [0.2, 0.25) is 0 Å². The second-order valence-electron chi connectivity index (χ2n) is 6.23. The Morgan fingerprint density at radius 1 is 1.35 bits per heavy atom. The van der Waals surface area contributed by atoms with Crippen molar-refractivity contribution in [2.75, 3.05) is 12.8 Å². The molecule has 3 aliphatic rings. The zero-order valence-corrected chi connectivity index (χ0v) is 12.5. The summed E-state index contributed by atoms with van der Waals surface area (Å²) in [5, 5.41) is 30.1. The molecule has 3 unspecified atom stereocenters. The summed E-state index contributed by atoms with van der Waals surface area (Å²) in [4.78, 5) is 12.5. The van der Waals surface area contributed by atoms with Crippen LogP contribution in [0.3, 0.4) is 0 Å². The highest BCUT2D eigenvalue weighted by molar-refractivity contribution is 5.73. The van der Waals surface area contributed by atoms with Crippen LogP contribution in [0.25, 0.3) is 0 Å². The maximum atomic E-state index is 10.3. The van der Waals surface area contributed by atoms with Gasteiger partial charge in [0, 0.05) is 25.0 Å². The van der Waals surface area contributed by atoms with Gasteiger partial charge in [-0.3, -0.25) is 4.99 Å². The van der Waals surface area contributed by atoms with Crippen molar-refractivity contribution in [1.29, 1.82) is 0 Å². The smallest absolute Gasteiger partial charge is 0.244 e. The van der Waals surface area contributed by atoms with E-state index in [2.05, 4.69) is 15.0 Å². The number of aromatic nitrogens is 2. The number of aliphatic hydroxyl groups excluding tert-OH is 3. The fraction of sp³-hybridized carbons (Fsp3) is 0.643. The number of nitrogens with two attached hydrogens (primary N) is 1. The normalized spacial score (nSPS) is 41.1. The van der Waals surface area contributed by atoms with Gasteiger partial charge in [-0.15, -0.1) is 0 Å². The van der Waals surface area contributed by atoms with E-state index in [9.17, 15) is 15.3 Å². The van der Waals surface area contributed by atoms with E-state index >= 15 is 0 Å². The van der Waals surface area contributed by atoms with Gasteiger partial charge in [-0.05, 0) is 0 Å². The molecule has 0 bridgehead atoms. The molecule has 3 heterocycles. The SMILES string of the molecule is COc1nc(N)nc2c1N=CC(C1OC3(C[C@H]3O)[C@@H](O)[C@@H]1O)C2. The van der Waals surface area contributed by atoms with Crippen molar-refractivity contribution in [3.05, 3.63) is 5.69 Å². The molecule has 0 amide bonds. The predicted molar refractivity (Wildman–Crippen MR) is 78.6 cm³/mol. The van der Waals surface area contributed by atoms with Crippen molar-refractivity contribution in [3.63, 3.8) is 0 Å². The molecule has 9 heteroatoms. The van der Waals surface area contributed by atoms with E-state index in [-0.39, 0.29) is 11.9 Å². The standard InChI is InChI=1S/C14H18N4O5/c1-22-12-8-6(17-13(15)18-12)2-5(4-16-8)10-9(20)11(21)14(23-10)3-7(14)19/h4-5,7,9-11,19-21H,2-3H2,1H3,(H2,15,17,18)/t5?,7-,9-,10?,11+,14?/m1/s1. The molecule has 5 N–H and O–H groups in total. The molecular formula is C14H18N4O5. The molecule has 2 fully saturated rings. The molecule has 1 aliphatic carbocycles. The van der Waals surface area contributed by atoms with Gasteiger partial charge in [-0.2, -0.15) is 4.98 Å². The number of hydrogen-bond donors (Lipinski definition) is 4. The summed E-state index contributed by atoms with van der Waals surface area (Å²) in [5.74, 6) is 0.0843. The number of aliphatic hydroxyl groups is 3. The lowest BCUT2D eigenvalue weighted by Crippen LogP contribution is -2.38. The third-order valence-corrected chi connectivity index (χ3v) is 4.81. The van der Waals surface area contributed by atoms with Gasteiger partial charge in [0.2, 0.25) is 11.8 Å². The van der Waals surface area contributed by atoms with Gasteiger partial charge in [-0.1, -0.05) is 0 Å². The van der Waals surface area contributed by atoms with E-state index in [0.29, 0.717) is 30.1 Å². The number of nitrogen functional groups attached to an aromatic ring is 1. The van der Waals surface area contributed by atoms with E-state index in [1.54, 1.807) is 6.21 Å². The zero-order chi connectivity index (χ0) is 16.4. The van der Waals surface area contributed by atoms with E-state index < -0.39 is 30.0 Å². The van der Waals surface area contributed by atoms with Crippen LogP contribution in [-0.4, -0.2) is 68.6 Å². The van der Waals surface area contributed by atoms with Crippen molar-refractivity contribution >= 4 is 17.9 Å². The van der Waals surface area contributed by atoms with E-state index in [0.717, 1.165) is 0 Å². The number of ether oxygens (including phenoxy) is 2. The molecule has 1 saturated heterocycles. The van der Waals surface area contributed by atoms with Gasteiger partial charge in [0.1, 0.15) is 23.5 Å². The summed E-state index contributed by atoms with van der Waals surface area (Å²) in [6.45, 7) is 0. The number of aliphatic imine (C=N–C) groups is 1. The summed E-state index contributed by atoms with van der Waals surface area (Å²) >= 11 is 0. The first-order valence-corrected chi connectivity index (χ1v) is 7.43. The first kappa shape index (κ1) is 14.8. The largest absolute Gasteiger partial charge is 0.479 e. The molecule has 23 heavy (non-hydrogen) atoms. The molecule has 0 aromatic carbocycles. The summed E-state index contributed by atoms with van der Waals surface area (Å²) in [6.07, 6.45) is -1.23. The van der Waals surface area contributed by atoms with Gasteiger partial charge >= 0.3 is 0 Å². The van der Waals surface area contributed by atoms with Gasteiger partial charge in [0.25, 0.3) is 0 Å². The average Bonchev–Trinajstić information content (AvgIpc) is 3.13. The van der Waals surface area contributed by atoms with Crippen LogP contribution < -0.4 is 10.5 Å². The van der Waals surface area contributed by atoms with Gasteiger partial charge < -0.3 is 30.5 Å². The van der Waals surface area contributed by atoms with Crippen LogP contribution in [-0.2, 0) is 11.2 Å². The molecule has 2 aliphatic heterocycles. The molecule has 1 aromatic heterocycles. The molecule has 1 saturated carbocycles. The predicted octanol–water partition coefficient (Wildman–Crippen LogP) is -1.43. The van der Waals surface area contributed by atoms with Crippen molar-refractivity contribution < 1.29 is 24.8 Å². The topological polar surface area (TPSA) is 143 Å². The highest BCUT2D eigenvalue weighted by Gasteiger charge is 2.69. The molecule has 124 valence electrons. The Balaban J connectivity index is 1.61. The number of nitrogens with zero attached hydrogens (tertiary/aromatic N) is 3. The van der Waals surface area contributed by atoms with Gasteiger partial charge in [0.15, 0.2) is 0 Å². The Labute approximate surface area is 131 Å². The minimum atomic E-state index is -1.11. The molecule has 9 nitrogen and oxygen atoms in total. The van der Waals surface area contributed by atoms with E-state index in [1.165, 1.54) is 7.11 Å². The molecular weight excluding hydrogens is 304 g/mol. The number of fused-ring (bicyclic) bond motifs is 1. The third-order valence-electron chi connectivity index (χ3n) is 4.81. The number of hydrogen-bond acceptors (Lipinski definition) is 9. The zero-order valence-electron chi connectivity index (χ0n) is 12.5. The maximum Gasteiger partial charge on any atom is 0.244 e.